The van der Waals surface area contributed by atoms with Crippen LogP contribution >= 0.6 is 0 Å². The van der Waals surface area contributed by atoms with Crippen LogP contribution in [0.5, 0.6) is 0 Å². The molecule has 1 fully saturated rings. The maximum absolute atomic E-state index is 14.0. The van der Waals surface area contributed by atoms with Crippen LogP contribution < -0.4 is 15.5 Å². The quantitative estimate of drug-likeness (QED) is 0.324. The summed E-state index contributed by atoms with van der Waals surface area (Å²) in [6, 6.07) is 14.3. The Hall–Kier alpha value is -4.51. The molecular weight excluding hydrogens is 519 g/mol. The van der Waals surface area contributed by atoms with Crippen molar-refractivity contribution in [3.05, 3.63) is 89.9 Å². The second-order valence-corrected chi connectivity index (χ2v) is 9.63. The van der Waals surface area contributed by atoms with Crippen LogP contribution in [0, 0.1) is 6.92 Å². The number of aromatic nitrogens is 3. The monoisotopic (exact) mass is 547 g/mol. The first-order valence-corrected chi connectivity index (χ1v) is 12.7. The summed E-state index contributed by atoms with van der Waals surface area (Å²) in [6.45, 7) is 4.64. The molecule has 4 aromatic rings. The van der Waals surface area contributed by atoms with Crippen LogP contribution in [0.2, 0.25) is 0 Å². The molecule has 1 aliphatic heterocycles. The lowest BCUT2D eigenvalue weighted by atomic mass is 10.1. The number of anilines is 4. The number of aryl methyl sites for hydroxylation is 1. The van der Waals surface area contributed by atoms with Crippen LogP contribution in [-0.2, 0) is 6.18 Å². The van der Waals surface area contributed by atoms with Crippen LogP contribution in [0.25, 0.3) is 11.3 Å². The van der Waals surface area contributed by atoms with E-state index < -0.39 is 17.6 Å². The molecule has 3 heterocycles. The number of pyridine rings is 1. The average Bonchev–Trinajstić information content (AvgIpc) is 2.95. The molecule has 2 aromatic carbocycles. The summed E-state index contributed by atoms with van der Waals surface area (Å²) in [5.41, 5.74) is 2.33. The number of amides is 1. The first-order valence-electron chi connectivity index (χ1n) is 12.7. The molecule has 0 unspecified atom stereocenters. The van der Waals surface area contributed by atoms with Gasteiger partial charge in [0, 0.05) is 67.3 Å². The minimum Gasteiger partial charge on any atom is -0.369 e. The molecule has 5 rings (SSSR count). The van der Waals surface area contributed by atoms with E-state index in [0.29, 0.717) is 36.1 Å². The van der Waals surface area contributed by atoms with Crippen molar-refractivity contribution in [1.29, 1.82) is 0 Å². The second-order valence-electron chi connectivity index (χ2n) is 9.63. The lowest BCUT2D eigenvalue weighted by Gasteiger charge is -2.34. The molecule has 0 radical (unpaired) electrons. The van der Waals surface area contributed by atoms with E-state index in [2.05, 4.69) is 30.5 Å². The van der Waals surface area contributed by atoms with Crippen LogP contribution in [0.15, 0.2) is 73.2 Å². The van der Waals surface area contributed by atoms with Crippen molar-refractivity contribution in [3.63, 3.8) is 0 Å². The molecule has 1 amide bonds. The molecule has 0 bridgehead atoms. The van der Waals surface area contributed by atoms with E-state index in [1.165, 1.54) is 6.07 Å². The normalized spacial score (nSPS) is 14.2. The van der Waals surface area contributed by atoms with E-state index in [9.17, 15) is 18.0 Å². The number of benzene rings is 2. The van der Waals surface area contributed by atoms with Crippen LogP contribution in [-0.4, -0.2) is 59.0 Å². The highest BCUT2D eigenvalue weighted by Crippen LogP contribution is 2.38. The molecule has 2 aromatic heterocycles. The van der Waals surface area contributed by atoms with Gasteiger partial charge in [-0.15, -0.1) is 0 Å². The summed E-state index contributed by atoms with van der Waals surface area (Å²) in [5.74, 6) is -0.355. The van der Waals surface area contributed by atoms with Gasteiger partial charge in [-0.25, -0.2) is 9.97 Å². The van der Waals surface area contributed by atoms with E-state index in [4.69, 9.17) is 0 Å². The van der Waals surface area contributed by atoms with Crippen molar-refractivity contribution < 1.29 is 18.0 Å². The van der Waals surface area contributed by atoms with Gasteiger partial charge in [0.2, 0.25) is 5.95 Å². The molecule has 11 heteroatoms. The number of nitrogens with zero attached hydrogens (tertiary/aromatic N) is 5. The fourth-order valence-electron chi connectivity index (χ4n) is 4.44. The predicted octanol–water partition coefficient (Wildman–Crippen LogP) is 5.61. The number of hydrogen-bond donors (Lipinski definition) is 2. The van der Waals surface area contributed by atoms with Crippen LogP contribution in [0.3, 0.4) is 0 Å². The maximum atomic E-state index is 14.0. The van der Waals surface area contributed by atoms with Gasteiger partial charge in [-0.05, 0) is 68.1 Å². The third kappa shape index (κ3) is 6.20. The minimum absolute atomic E-state index is 0.188. The Morgan fingerprint density at radius 3 is 2.48 bits per heavy atom. The summed E-state index contributed by atoms with van der Waals surface area (Å²) in [7, 11) is 1.98. The molecule has 0 atom stereocenters. The highest BCUT2D eigenvalue weighted by atomic mass is 19.4. The third-order valence-corrected chi connectivity index (χ3v) is 6.78. The number of rotatable bonds is 6. The summed E-state index contributed by atoms with van der Waals surface area (Å²) in [6.07, 6.45) is 0.328. The van der Waals surface area contributed by atoms with Gasteiger partial charge in [0.05, 0.1) is 16.9 Å². The first kappa shape index (κ1) is 27.1. The number of carbonyl (C=O) groups is 1. The van der Waals surface area contributed by atoms with Crippen molar-refractivity contribution in [3.8, 4) is 11.3 Å². The molecule has 40 heavy (non-hydrogen) atoms. The van der Waals surface area contributed by atoms with Gasteiger partial charge in [-0.2, -0.15) is 13.2 Å². The fourth-order valence-corrected chi connectivity index (χ4v) is 4.44. The standard InChI is InChI=1S/C29H28F3N7O/c1-19-5-6-20(16-26(19)37-28-34-11-9-24(36-28)21-4-3-10-33-18-21)27(40)35-25-8-7-22(17-23(25)29(30,31)32)39-14-12-38(2)13-15-39/h3-11,16-18H,12-15H2,1-2H3,(H,35,40)(H,34,36,37). The Bertz CT molecular complexity index is 1500. The molecular formula is C29H28F3N7O. The number of likely N-dealkylation sites (N-methyl/N-ethyl adjacent to an activating group) is 1. The molecule has 8 nitrogen and oxygen atoms in total. The van der Waals surface area contributed by atoms with E-state index in [-0.39, 0.29) is 11.3 Å². The van der Waals surface area contributed by atoms with E-state index in [1.807, 2.05) is 24.9 Å². The molecule has 0 spiro atoms. The molecule has 1 saturated heterocycles. The van der Waals surface area contributed by atoms with Gasteiger partial charge < -0.3 is 20.4 Å². The largest absolute Gasteiger partial charge is 0.418 e. The lowest BCUT2D eigenvalue weighted by molar-refractivity contribution is -0.136. The Balaban J connectivity index is 1.36. The molecule has 1 aliphatic rings. The molecule has 0 saturated carbocycles. The van der Waals surface area contributed by atoms with Crippen molar-refractivity contribution in [2.45, 2.75) is 13.1 Å². The van der Waals surface area contributed by atoms with E-state index >= 15 is 0 Å². The number of alkyl halides is 3. The van der Waals surface area contributed by atoms with Crippen molar-refractivity contribution >= 4 is 28.9 Å². The Morgan fingerprint density at radius 2 is 1.75 bits per heavy atom. The Kier molecular flexibility index (Phi) is 7.65. The number of nitrogens with one attached hydrogen (secondary N) is 2. The zero-order valence-corrected chi connectivity index (χ0v) is 22.0. The third-order valence-electron chi connectivity index (χ3n) is 6.78. The smallest absolute Gasteiger partial charge is 0.369 e. The minimum atomic E-state index is -4.64. The molecule has 0 aliphatic carbocycles. The van der Waals surface area contributed by atoms with E-state index in [1.54, 1.807) is 55.0 Å². The molecule has 2 N–H and O–H groups in total. The number of hydrogen-bond acceptors (Lipinski definition) is 7. The van der Waals surface area contributed by atoms with E-state index in [0.717, 1.165) is 30.3 Å². The van der Waals surface area contributed by atoms with Crippen molar-refractivity contribution in [1.82, 2.24) is 19.9 Å². The fraction of sp³-hybridized carbons (Fsp3) is 0.241. The summed E-state index contributed by atoms with van der Waals surface area (Å²) < 4.78 is 42.1. The summed E-state index contributed by atoms with van der Waals surface area (Å²) in [4.78, 5) is 30.0. The highest BCUT2D eigenvalue weighted by molar-refractivity contribution is 6.05. The first-order chi connectivity index (χ1) is 19.2. The Morgan fingerprint density at radius 1 is 0.950 bits per heavy atom. The molecule has 206 valence electrons. The Labute approximate surface area is 229 Å². The van der Waals surface area contributed by atoms with Gasteiger partial charge in [-0.1, -0.05) is 6.07 Å². The highest BCUT2D eigenvalue weighted by Gasteiger charge is 2.35. The van der Waals surface area contributed by atoms with Crippen molar-refractivity contribution in [2.24, 2.45) is 0 Å². The lowest BCUT2D eigenvalue weighted by Crippen LogP contribution is -2.44. The number of carbonyl (C=O) groups excluding carboxylic acids is 1. The predicted molar refractivity (Wildman–Crippen MR) is 149 cm³/mol. The summed E-state index contributed by atoms with van der Waals surface area (Å²) in [5, 5.41) is 5.57. The van der Waals surface area contributed by atoms with Crippen LogP contribution in [0.1, 0.15) is 21.5 Å². The SMILES string of the molecule is Cc1ccc(C(=O)Nc2ccc(N3CCN(C)CC3)cc2C(F)(F)F)cc1Nc1nccc(-c2cccnc2)n1. The summed E-state index contributed by atoms with van der Waals surface area (Å²) >= 11 is 0. The number of piperazine rings is 1. The van der Waals surface area contributed by atoms with Crippen LogP contribution in [0.4, 0.5) is 36.2 Å². The number of halogens is 3. The average molecular weight is 548 g/mol. The van der Waals surface area contributed by atoms with Gasteiger partial charge in [-0.3, -0.25) is 9.78 Å². The topological polar surface area (TPSA) is 86.3 Å². The van der Waals surface area contributed by atoms with Gasteiger partial charge in [0.1, 0.15) is 0 Å². The van der Waals surface area contributed by atoms with Gasteiger partial charge in [0.25, 0.3) is 5.91 Å². The van der Waals surface area contributed by atoms with Gasteiger partial charge in [0.15, 0.2) is 0 Å². The maximum Gasteiger partial charge on any atom is 0.418 e. The van der Waals surface area contributed by atoms with Crippen molar-refractivity contribution in [2.75, 3.05) is 48.8 Å². The van der Waals surface area contributed by atoms with Gasteiger partial charge >= 0.3 is 6.18 Å². The zero-order chi connectivity index (χ0) is 28.3. The zero-order valence-electron chi connectivity index (χ0n) is 22.0. The second kappa shape index (κ2) is 11.3.